The van der Waals surface area contributed by atoms with E-state index in [-0.39, 0.29) is 11.8 Å². The van der Waals surface area contributed by atoms with Gasteiger partial charge in [-0.1, -0.05) is 31.2 Å². The number of rotatable bonds is 9. The summed E-state index contributed by atoms with van der Waals surface area (Å²) in [6.07, 6.45) is 4.40. The van der Waals surface area contributed by atoms with E-state index in [2.05, 4.69) is 46.7 Å². The van der Waals surface area contributed by atoms with Gasteiger partial charge in [0.25, 0.3) is 0 Å². The quantitative estimate of drug-likeness (QED) is 0.473. The number of benzene rings is 1. The molecule has 1 aliphatic heterocycles. The van der Waals surface area contributed by atoms with Crippen LogP contribution in [0.5, 0.6) is 0 Å². The molecule has 0 radical (unpaired) electrons. The standard InChI is InChI=1S/C22H38N4O2S/c1-5-23-22(25-19(3)12-15-29(4,27)28)24-16-20-8-6-7-9-21(20)17-26-13-10-18(2)11-14-26/h6-9,18-19H,5,10-17H2,1-4H3,(H2,23,24,25). The molecule has 1 aromatic rings. The summed E-state index contributed by atoms with van der Waals surface area (Å²) in [6, 6.07) is 8.57. The van der Waals surface area contributed by atoms with Gasteiger partial charge in [-0.3, -0.25) is 4.90 Å². The Morgan fingerprint density at radius 3 is 2.52 bits per heavy atom. The summed E-state index contributed by atoms with van der Waals surface area (Å²) in [4.78, 5) is 7.30. The molecule has 29 heavy (non-hydrogen) atoms. The van der Waals surface area contributed by atoms with Crippen molar-refractivity contribution in [2.45, 2.75) is 59.2 Å². The topological polar surface area (TPSA) is 73.8 Å². The van der Waals surface area contributed by atoms with E-state index in [1.54, 1.807) is 0 Å². The van der Waals surface area contributed by atoms with Gasteiger partial charge in [0.05, 0.1) is 12.3 Å². The third-order valence-corrected chi connectivity index (χ3v) is 6.42. The SMILES string of the molecule is CCNC(=NCc1ccccc1CN1CCC(C)CC1)NC(C)CCS(C)(=O)=O. The molecule has 2 N–H and O–H groups in total. The van der Waals surface area contributed by atoms with Crippen LogP contribution in [0.4, 0.5) is 0 Å². The largest absolute Gasteiger partial charge is 0.357 e. The van der Waals surface area contributed by atoms with Crippen LogP contribution in [0, 0.1) is 5.92 Å². The summed E-state index contributed by atoms with van der Waals surface area (Å²) in [5, 5.41) is 6.60. The summed E-state index contributed by atoms with van der Waals surface area (Å²) >= 11 is 0. The van der Waals surface area contributed by atoms with Crippen molar-refractivity contribution in [2.24, 2.45) is 10.9 Å². The van der Waals surface area contributed by atoms with Gasteiger partial charge >= 0.3 is 0 Å². The molecule has 1 atom stereocenters. The number of sulfone groups is 1. The van der Waals surface area contributed by atoms with Crippen LogP contribution in [-0.4, -0.2) is 57.0 Å². The third-order valence-electron chi connectivity index (χ3n) is 5.45. The first-order valence-corrected chi connectivity index (χ1v) is 12.8. The molecule has 7 heteroatoms. The Labute approximate surface area is 177 Å². The van der Waals surface area contributed by atoms with Crippen LogP contribution in [0.2, 0.25) is 0 Å². The maximum atomic E-state index is 11.4. The van der Waals surface area contributed by atoms with Crippen LogP contribution in [0.15, 0.2) is 29.3 Å². The Morgan fingerprint density at radius 2 is 1.90 bits per heavy atom. The van der Waals surface area contributed by atoms with E-state index >= 15 is 0 Å². The van der Waals surface area contributed by atoms with Gasteiger partial charge in [-0.25, -0.2) is 13.4 Å². The van der Waals surface area contributed by atoms with Gasteiger partial charge in [0.1, 0.15) is 9.84 Å². The van der Waals surface area contributed by atoms with E-state index in [0.717, 1.165) is 25.0 Å². The molecule has 0 aromatic heterocycles. The average Bonchev–Trinajstić information content (AvgIpc) is 2.67. The lowest BCUT2D eigenvalue weighted by atomic mass is 9.98. The average molecular weight is 423 g/mol. The lowest BCUT2D eigenvalue weighted by Crippen LogP contribution is -2.42. The van der Waals surface area contributed by atoms with Gasteiger partial charge in [-0.15, -0.1) is 0 Å². The van der Waals surface area contributed by atoms with Gasteiger partial charge in [0.15, 0.2) is 5.96 Å². The minimum absolute atomic E-state index is 0.0353. The van der Waals surface area contributed by atoms with Crippen molar-refractivity contribution in [1.29, 1.82) is 0 Å². The number of hydrogen-bond donors (Lipinski definition) is 2. The zero-order valence-electron chi connectivity index (χ0n) is 18.4. The summed E-state index contributed by atoms with van der Waals surface area (Å²) in [7, 11) is -2.95. The molecule has 0 spiro atoms. The van der Waals surface area contributed by atoms with Crippen LogP contribution in [-0.2, 0) is 22.9 Å². The normalized spacial score (nSPS) is 17.9. The highest BCUT2D eigenvalue weighted by Gasteiger charge is 2.16. The lowest BCUT2D eigenvalue weighted by molar-refractivity contribution is 0.185. The van der Waals surface area contributed by atoms with E-state index in [0.29, 0.717) is 13.0 Å². The van der Waals surface area contributed by atoms with Crippen molar-refractivity contribution in [3.63, 3.8) is 0 Å². The van der Waals surface area contributed by atoms with E-state index in [9.17, 15) is 8.42 Å². The zero-order valence-corrected chi connectivity index (χ0v) is 19.3. The smallest absolute Gasteiger partial charge is 0.191 e. The predicted molar refractivity (Wildman–Crippen MR) is 122 cm³/mol. The van der Waals surface area contributed by atoms with Crippen LogP contribution in [0.25, 0.3) is 0 Å². The molecule has 0 aliphatic carbocycles. The maximum absolute atomic E-state index is 11.4. The summed E-state index contributed by atoms with van der Waals surface area (Å²) in [5.74, 6) is 1.75. The summed E-state index contributed by atoms with van der Waals surface area (Å²) in [6.45, 7) is 11.0. The Bertz CT molecular complexity index is 756. The van der Waals surface area contributed by atoms with Gasteiger partial charge in [-0.2, -0.15) is 0 Å². The molecule has 2 rings (SSSR count). The van der Waals surface area contributed by atoms with Gasteiger partial charge in [-0.05, 0) is 63.2 Å². The fourth-order valence-electron chi connectivity index (χ4n) is 3.51. The summed E-state index contributed by atoms with van der Waals surface area (Å²) < 4.78 is 22.8. The van der Waals surface area contributed by atoms with E-state index < -0.39 is 9.84 Å². The Kier molecular flexibility index (Phi) is 9.43. The van der Waals surface area contributed by atoms with E-state index in [1.165, 1.54) is 43.3 Å². The van der Waals surface area contributed by atoms with Crippen molar-refractivity contribution in [3.05, 3.63) is 35.4 Å². The molecular formula is C22H38N4O2S. The molecule has 1 aromatic carbocycles. The van der Waals surface area contributed by atoms with Gasteiger partial charge < -0.3 is 10.6 Å². The molecule has 164 valence electrons. The molecule has 0 bridgehead atoms. The van der Waals surface area contributed by atoms with Gasteiger partial charge in [0, 0.05) is 25.4 Å². The second-order valence-corrected chi connectivity index (χ2v) is 10.6. The number of hydrogen-bond acceptors (Lipinski definition) is 4. The highest BCUT2D eigenvalue weighted by molar-refractivity contribution is 7.90. The molecule has 1 heterocycles. The molecule has 1 aliphatic rings. The molecule has 6 nitrogen and oxygen atoms in total. The number of likely N-dealkylation sites (tertiary alicyclic amines) is 1. The van der Waals surface area contributed by atoms with Crippen LogP contribution in [0.3, 0.4) is 0 Å². The second kappa shape index (κ2) is 11.6. The first kappa shape index (κ1) is 23.7. The molecule has 1 fully saturated rings. The Morgan fingerprint density at radius 1 is 1.24 bits per heavy atom. The van der Waals surface area contributed by atoms with Crippen molar-refractivity contribution in [3.8, 4) is 0 Å². The second-order valence-electron chi connectivity index (χ2n) is 8.39. The van der Waals surface area contributed by atoms with Crippen LogP contribution >= 0.6 is 0 Å². The van der Waals surface area contributed by atoms with Crippen molar-refractivity contribution in [1.82, 2.24) is 15.5 Å². The minimum Gasteiger partial charge on any atom is -0.357 e. The highest BCUT2D eigenvalue weighted by atomic mass is 32.2. The first-order valence-electron chi connectivity index (χ1n) is 10.8. The Hall–Kier alpha value is -1.60. The number of nitrogens with one attached hydrogen (secondary N) is 2. The minimum atomic E-state index is -2.95. The van der Waals surface area contributed by atoms with Crippen molar-refractivity contribution >= 4 is 15.8 Å². The molecule has 0 amide bonds. The molecular weight excluding hydrogens is 384 g/mol. The van der Waals surface area contributed by atoms with Gasteiger partial charge in [0.2, 0.25) is 0 Å². The van der Waals surface area contributed by atoms with Crippen LogP contribution < -0.4 is 10.6 Å². The molecule has 0 saturated carbocycles. The number of aliphatic imine (C=N–C) groups is 1. The maximum Gasteiger partial charge on any atom is 0.191 e. The first-order chi connectivity index (χ1) is 13.8. The number of nitrogens with zero attached hydrogens (tertiary/aromatic N) is 2. The molecule has 1 unspecified atom stereocenters. The predicted octanol–water partition coefficient (Wildman–Crippen LogP) is 2.80. The summed E-state index contributed by atoms with van der Waals surface area (Å²) in [5.41, 5.74) is 2.58. The fraction of sp³-hybridized carbons (Fsp3) is 0.682. The number of guanidine groups is 1. The fourth-order valence-corrected chi connectivity index (χ4v) is 4.29. The van der Waals surface area contributed by atoms with Crippen molar-refractivity contribution in [2.75, 3.05) is 31.6 Å². The van der Waals surface area contributed by atoms with Crippen molar-refractivity contribution < 1.29 is 8.42 Å². The van der Waals surface area contributed by atoms with E-state index in [4.69, 9.17) is 4.99 Å². The highest BCUT2D eigenvalue weighted by Crippen LogP contribution is 2.20. The zero-order chi connectivity index (χ0) is 21.3. The van der Waals surface area contributed by atoms with E-state index in [1.807, 2.05) is 13.8 Å². The lowest BCUT2D eigenvalue weighted by Gasteiger charge is -2.30. The Balaban J connectivity index is 1.99. The van der Waals surface area contributed by atoms with Crippen LogP contribution in [0.1, 0.15) is 51.2 Å². The third kappa shape index (κ3) is 9.17. The number of piperidine rings is 1. The molecule has 1 saturated heterocycles. The monoisotopic (exact) mass is 422 g/mol.